The third kappa shape index (κ3) is 6.89. The van der Waals surface area contributed by atoms with Crippen molar-refractivity contribution in [1.29, 1.82) is 0 Å². The highest BCUT2D eigenvalue weighted by Gasteiger charge is 2.45. The summed E-state index contributed by atoms with van der Waals surface area (Å²) in [6.07, 6.45) is 2.31. The lowest BCUT2D eigenvalue weighted by molar-refractivity contribution is -0.155. The predicted molar refractivity (Wildman–Crippen MR) is 140 cm³/mol. The minimum absolute atomic E-state index is 0.0297. The Balaban J connectivity index is 1.50. The smallest absolute Gasteiger partial charge is 0.306 e. The number of benzene rings is 2. The molecule has 1 amide bonds. The van der Waals surface area contributed by atoms with Crippen molar-refractivity contribution in [2.45, 2.75) is 70.1 Å². The molecule has 1 aliphatic heterocycles. The first-order valence-corrected chi connectivity index (χ1v) is 12.8. The molecule has 8 nitrogen and oxygen atoms in total. The second kappa shape index (κ2) is 11.3. The van der Waals surface area contributed by atoms with Crippen LogP contribution in [0.3, 0.4) is 0 Å². The number of nitrogens with zero attached hydrogens (tertiary/aromatic N) is 1. The predicted octanol–water partition coefficient (Wildman–Crippen LogP) is 3.37. The minimum Gasteiger partial charge on any atom is -0.494 e. The van der Waals surface area contributed by atoms with Gasteiger partial charge >= 0.3 is 5.97 Å². The largest absolute Gasteiger partial charge is 0.494 e. The van der Waals surface area contributed by atoms with E-state index in [2.05, 4.69) is 17.4 Å². The number of ether oxygens (including phenoxy) is 3. The summed E-state index contributed by atoms with van der Waals surface area (Å²) in [6.45, 7) is 5.99. The number of nitrogens with one attached hydrogen (secondary N) is 1. The molecule has 1 atom stereocenters. The summed E-state index contributed by atoms with van der Waals surface area (Å²) >= 11 is 0. The number of rotatable bonds is 10. The highest BCUT2D eigenvalue weighted by molar-refractivity contribution is 6.00. The van der Waals surface area contributed by atoms with Crippen LogP contribution in [0.5, 0.6) is 5.75 Å². The van der Waals surface area contributed by atoms with Crippen molar-refractivity contribution in [3.05, 3.63) is 65.2 Å². The first-order chi connectivity index (χ1) is 17.7. The fraction of sp³-hybridized carbons (Fsp3) is 0.483. The van der Waals surface area contributed by atoms with Crippen molar-refractivity contribution in [1.82, 2.24) is 5.32 Å². The molecule has 1 aliphatic carbocycles. The van der Waals surface area contributed by atoms with Crippen molar-refractivity contribution in [3.63, 3.8) is 0 Å². The van der Waals surface area contributed by atoms with Crippen LogP contribution >= 0.6 is 0 Å². The van der Waals surface area contributed by atoms with Gasteiger partial charge in [0.25, 0.3) is 5.91 Å². The number of esters is 1. The lowest BCUT2D eigenvalue weighted by Gasteiger charge is -2.26. The first kappa shape index (κ1) is 26.7. The van der Waals surface area contributed by atoms with E-state index in [0.29, 0.717) is 24.7 Å². The topological polar surface area (TPSA) is 106 Å². The maximum Gasteiger partial charge on any atom is 0.306 e. The van der Waals surface area contributed by atoms with E-state index < -0.39 is 11.1 Å². The Bertz CT molecular complexity index is 1110. The molecule has 0 spiro atoms. The summed E-state index contributed by atoms with van der Waals surface area (Å²) in [4.78, 5) is 30.9. The van der Waals surface area contributed by atoms with E-state index in [1.54, 1.807) is 12.1 Å². The maximum atomic E-state index is 13.7. The van der Waals surface area contributed by atoms with Gasteiger partial charge in [0.2, 0.25) is 5.90 Å². The van der Waals surface area contributed by atoms with Crippen LogP contribution in [0.4, 0.5) is 0 Å². The number of hydrogen-bond acceptors (Lipinski definition) is 7. The molecule has 0 unspecified atom stereocenters. The lowest BCUT2D eigenvalue weighted by atomic mass is 9.93. The Morgan fingerprint density at radius 1 is 1.11 bits per heavy atom. The Morgan fingerprint density at radius 3 is 2.41 bits per heavy atom. The molecule has 2 aromatic rings. The van der Waals surface area contributed by atoms with Gasteiger partial charge in [-0.3, -0.25) is 9.59 Å². The summed E-state index contributed by atoms with van der Waals surface area (Å²) < 4.78 is 17.0. The summed E-state index contributed by atoms with van der Waals surface area (Å²) in [5.74, 6) is 0.412. The average Bonchev–Trinajstić information content (AvgIpc) is 3.47. The van der Waals surface area contributed by atoms with Crippen LogP contribution in [0.2, 0.25) is 0 Å². The normalized spacial score (nSPS) is 19.1. The number of aliphatic hydroxyl groups is 1. The van der Waals surface area contributed by atoms with Gasteiger partial charge in [-0.05, 0) is 75.4 Å². The molecule has 0 saturated heterocycles. The molecule has 0 fully saturated rings. The third-order valence-electron chi connectivity index (χ3n) is 6.41. The number of carbonyl (C=O) groups excluding carboxylic acids is 2. The van der Waals surface area contributed by atoms with E-state index >= 15 is 0 Å². The number of amides is 1. The number of aliphatic imine (C=N–C) groups is 1. The molecule has 0 aromatic heterocycles. The molecule has 8 heteroatoms. The van der Waals surface area contributed by atoms with E-state index in [0.717, 1.165) is 18.4 Å². The Hall–Kier alpha value is -3.39. The SMILES string of the molecule is CC(C)(C)OC(=O)CC[C@]1(C(=O)NC2Cc3ccccc3C2)COC(c2ccc(OCCCO)cc2)=N1. The van der Waals surface area contributed by atoms with E-state index in [1.807, 2.05) is 45.0 Å². The zero-order valence-corrected chi connectivity index (χ0v) is 21.8. The van der Waals surface area contributed by atoms with Crippen LogP contribution in [0.15, 0.2) is 53.5 Å². The number of fused-ring (bicyclic) bond motifs is 1. The zero-order chi connectivity index (χ0) is 26.5. The average molecular weight is 509 g/mol. The van der Waals surface area contributed by atoms with E-state index in [4.69, 9.17) is 24.3 Å². The molecule has 2 N–H and O–H groups in total. The summed E-state index contributed by atoms with van der Waals surface area (Å²) in [5.41, 5.74) is 1.36. The molecule has 37 heavy (non-hydrogen) atoms. The van der Waals surface area contributed by atoms with Crippen LogP contribution in [0.1, 0.15) is 56.7 Å². The van der Waals surface area contributed by atoms with Crippen LogP contribution < -0.4 is 10.1 Å². The molecule has 198 valence electrons. The summed E-state index contributed by atoms with van der Waals surface area (Å²) in [6, 6.07) is 15.4. The molecule has 2 aromatic carbocycles. The number of aliphatic hydroxyl groups excluding tert-OH is 1. The molecular weight excluding hydrogens is 472 g/mol. The first-order valence-electron chi connectivity index (χ1n) is 12.8. The summed E-state index contributed by atoms with van der Waals surface area (Å²) in [7, 11) is 0. The fourth-order valence-corrected chi connectivity index (χ4v) is 4.58. The fourth-order valence-electron chi connectivity index (χ4n) is 4.58. The molecular formula is C29H36N2O6. The summed E-state index contributed by atoms with van der Waals surface area (Å²) in [5, 5.41) is 12.1. The zero-order valence-electron chi connectivity index (χ0n) is 21.8. The van der Waals surface area contributed by atoms with Crippen molar-refractivity contribution in [2.75, 3.05) is 19.8 Å². The maximum absolute atomic E-state index is 13.7. The second-order valence-corrected chi connectivity index (χ2v) is 10.6. The van der Waals surface area contributed by atoms with Crippen LogP contribution in [-0.4, -0.2) is 59.9 Å². The van der Waals surface area contributed by atoms with E-state index in [1.165, 1.54) is 11.1 Å². The molecule has 1 heterocycles. The van der Waals surface area contributed by atoms with E-state index in [9.17, 15) is 9.59 Å². The second-order valence-electron chi connectivity index (χ2n) is 10.6. The molecule has 0 saturated carbocycles. The third-order valence-corrected chi connectivity index (χ3v) is 6.41. The van der Waals surface area contributed by atoms with Crippen LogP contribution in [-0.2, 0) is 31.9 Å². The van der Waals surface area contributed by atoms with Gasteiger partial charge in [0, 0.05) is 31.1 Å². The van der Waals surface area contributed by atoms with Gasteiger partial charge in [0.05, 0.1) is 6.61 Å². The van der Waals surface area contributed by atoms with Gasteiger partial charge in [-0.1, -0.05) is 24.3 Å². The molecule has 0 bridgehead atoms. The molecule has 0 radical (unpaired) electrons. The molecule has 4 rings (SSSR count). The van der Waals surface area contributed by atoms with Gasteiger partial charge in [-0.2, -0.15) is 0 Å². The van der Waals surface area contributed by atoms with Crippen molar-refractivity contribution in [3.8, 4) is 5.75 Å². The minimum atomic E-state index is -1.22. The Kier molecular flexibility index (Phi) is 8.17. The Labute approximate surface area is 218 Å². The van der Waals surface area contributed by atoms with Gasteiger partial charge < -0.3 is 24.6 Å². The standard InChI is InChI=1S/C29H36N2O6/c1-28(2,3)37-25(33)13-14-29(27(34)30-23-17-21-7-4-5-8-22(21)18-23)19-36-26(31-29)20-9-11-24(12-10-20)35-16-6-15-32/h4-5,7-12,23,32H,6,13-19H2,1-3H3,(H,30,34)/t29-/m1/s1. The Morgan fingerprint density at radius 2 is 1.78 bits per heavy atom. The quantitative estimate of drug-likeness (QED) is 0.377. The van der Waals surface area contributed by atoms with Crippen molar-refractivity contribution in [2.24, 2.45) is 4.99 Å². The van der Waals surface area contributed by atoms with Crippen LogP contribution in [0.25, 0.3) is 0 Å². The monoisotopic (exact) mass is 508 g/mol. The van der Waals surface area contributed by atoms with Crippen LogP contribution in [0, 0.1) is 0 Å². The van der Waals surface area contributed by atoms with Gasteiger partial charge in [-0.15, -0.1) is 0 Å². The van der Waals surface area contributed by atoms with Gasteiger partial charge in [-0.25, -0.2) is 4.99 Å². The van der Waals surface area contributed by atoms with Gasteiger partial charge in [0.1, 0.15) is 18.0 Å². The number of carbonyl (C=O) groups is 2. The van der Waals surface area contributed by atoms with Gasteiger partial charge in [0.15, 0.2) is 5.54 Å². The highest BCUT2D eigenvalue weighted by atomic mass is 16.6. The number of hydrogen-bond donors (Lipinski definition) is 2. The van der Waals surface area contributed by atoms with Crippen molar-refractivity contribution >= 4 is 17.8 Å². The van der Waals surface area contributed by atoms with Crippen molar-refractivity contribution < 1.29 is 28.9 Å². The lowest BCUT2D eigenvalue weighted by Crippen LogP contribution is -2.50. The molecule has 2 aliphatic rings. The van der Waals surface area contributed by atoms with E-state index in [-0.39, 0.29) is 44.0 Å². The highest BCUT2D eigenvalue weighted by Crippen LogP contribution is 2.30.